The number of hydrogen-bond acceptors (Lipinski definition) is 4. The second kappa shape index (κ2) is 7.00. The first-order chi connectivity index (χ1) is 13.1. The zero-order chi connectivity index (χ0) is 19.0. The van der Waals surface area contributed by atoms with Crippen molar-refractivity contribution in [3.8, 4) is 16.9 Å². The molecular weight excluding hydrogens is 356 g/mol. The van der Waals surface area contributed by atoms with Gasteiger partial charge in [-0.1, -0.05) is 35.9 Å². The molecule has 0 saturated carbocycles. The van der Waals surface area contributed by atoms with Gasteiger partial charge < -0.3 is 4.74 Å². The molecule has 27 heavy (non-hydrogen) atoms. The van der Waals surface area contributed by atoms with E-state index in [1.165, 1.54) is 22.5 Å². The normalized spacial score (nSPS) is 11.1. The monoisotopic (exact) mass is 376 g/mol. The Hall–Kier alpha value is -2.92. The Bertz CT molecular complexity index is 1170. The van der Waals surface area contributed by atoms with E-state index in [1.54, 1.807) is 18.0 Å². The van der Waals surface area contributed by atoms with Gasteiger partial charge in [-0.3, -0.25) is 9.36 Å². The molecule has 5 heteroatoms. The molecule has 0 unspecified atom stereocenters. The summed E-state index contributed by atoms with van der Waals surface area (Å²) in [6.45, 7) is 4.68. The molecule has 0 atom stereocenters. The molecule has 136 valence electrons. The Balaban J connectivity index is 1.74. The largest absolute Gasteiger partial charge is 0.497 e. The van der Waals surface area contributed by atoms with Crippen LogP contribution in [0.4, 0.5) is 0 Å². The third-order valence-electron chi connectivity index (χ3n) is 4.79. The Morgan fingerprint density at radius 3 is 2.59 bits per heavy atom. The highest BCUT2D eigenvalue weighted by atomic mass is 32.1. The Kier molecular flexibility index (Phi) is 4.54. The molecule has 4 nitrogen and oxygen atoms in total. The van der Waals surface area contributed by atoms with E-state index in [0.717, 1.165) is 28.0 Å². The van der Waals surface area contributed by atoms with E-state index in [2.05, 4.69) is 37.0 Å². The molecule has 0 bridgehead atoms. The maximum atomic E-state index is 13.0. The zero-order valence-corrected chi connectivity index (χ0v) is 16.3. The number of methoxy groups -OCH3 is 1. The van der Waals surface area contributed by atoms with Gasteiger partial charge in [-0.2, -0.15) is 0 Å². The maximum Gasteiger partial charge on any atom is 0.271 e. The Morgan fingerprint density at radius 2 is 1.89 bits per heavy atom. The second-order valence-electron chi connectivity index (χ2n) is 6.66. The highest BCUT2D eigenvalue weighted by Gasteiger charge is 2.13. The van der Waals surface area contributed by atoms with Crippen LogP contribution in [0.25, 0.3) is 21.3 Å². The van der Waals surface area contributed by atoms with Crippen LogP contribution in [0, 0.1) is 13.8 Å². The molecule has 0 amide bonds. The minimum Gasteiger partial charge on any atom is -0.497 e. The van der Waals surface area contributed by atoms with Crippen molar-refractivity contribution in [1.29, 1.82) is 0 Å². The summed E-state index contributed by atoms with van der Waals surface area (Å²) in [4.78, 5) is 17.6. The van der Waals surface area contributed by atoms with Gasteiger partial charge in [-0.15, -0.1) is 11.3 Å². The fourth-order valence-electron chi connectivity index (χ4n) is 3.24. The van der Waals surface area contributed by atoms with Crippen LogP contribution in [0.2, 0.25) is 0 Å². The predicted molar refractivity (Wildman–Crippen MR) is 111 cm³/mol. The van der Waals surface area contributed by atoms with E-state index in [1.807, 2.05) is 29.6 Å². The standard InChI is InChI=1S/C22H20N2O2S/c1-14-4-5-17(15(2)10-14)11-24-13-23-20-19(12-27-21(20)22(24)25)16-6-8-18(26-3)9-7-16/h4-10,12-13H,11H2,1-3H3. The van der Waals surface area contributed by atoms with Crippen LogP contribution in [0.15, 0.2) is 59.0 Å². The summed E-state index contributed by atoms with van der Waals surface area (Å²) in [5.74, 6) is 0.807. The predicted octanol–water partition coefficient (Wildman–Crippen LogP) is 4.80. The van der Waals surface area contributed by atoms with Crippen molar-refractivity contribution in [2.45, 2.75) is 20.4 Å². The molecule has 0 aliphatic heterocycles. The summed E-state index contributed by atoms with van der Waals surface area (Å²) in [5, 5.41) is 2.00. The van der Waals surface area contributed by atoms with E-state index in [4.69, 9.17) is 4.74 Å². The van der Waals surface area contributed by atoms with Crippen molar-refractivity contribution in [3.63, 3.8) is 0 Å². The van der Waals surface area contributed by atoms with Gasteiger partial charge >= 0.3 is 0 Å². The first kappa shape index (κ1) is 17.5. The second-order valence-corrected chi connectivity index (χ2v) is 7.54. The van der Waals surface area contributed by atoms with Gasteiger partial charge in [0.25, 0.3) is 5.56 Å². The van der Waals surface area contributed by atoms with E-state index in [0.29, 0.717) is 11.2 Å². The molecule has 0 N–H and O–H groups in total. The third-order valence-corrected chi connectivity index (χ3v) is 5.74. The number of aryl methyl sites for hydroxylation is 2. The fraction of sp³-hybridized carbons (Fsp3) is 0.182. The lowest BCUT2D eigenvalue weighted by Gasteiger charge is -2.09. The minimum absolute atomic E-state index is 0.00439. The SMILES string of the molecule is COc1ccc(-c2csc3c(=O)n(Cc4ccc(C)cc4C)cnc23)cc1. The Morgan fingerprint density at radius 1 is 1.11 bits per heavy atom. The quantitative estimate of drug-likeness (QED) is 0.514. The molecule has 0 radical (unpaired) electrons. The van der Waals surface area contributed by atoms with Crippen LogP contribution in [0.5, 0.6) is 5.75 Å². The maximum absolute atomic E-state index is 13.0. The lowest BCUT2D eigenvalue weighted by molar-refractivity contribution is 0.415. The lowest BCUT2D eigenvalue weighted by atomic mass is 10.1. The molecule has 2 aromatic carbocycles. The number of aromatic nitrogens is 2. The van der Waals surface area contributed by atoms with E-state index < -0.39 is 0 Å². The highest BCUT2D eigenvalue weighted by molar-refractivity contribution is 7.17. The first-order valence-corrected chi connectivity index (χ1v) is 9.62. The molecule has 4 aromatic rings. The molecule has 0 aliphatic rings. The molecular formula is C22H20N2O2S. The van der Waals surface area contributed by atoms with Crippen molar-refractivity contribution >= 4 is 21.6 Å². The van der Waals surface area contributed by atoms with Crippen LogP contribution < -0.4 is 10.3 Å². The van der Waals surface area contributed by atoms with Crippen molar-refractivity contribution in [2.75, 3.05) is 7.11 Å². The van der Waals surface area contributed by atoms with Crippen LogP contribution in [0.3, 0.4) is 0 Å². The van der Waals surface area contributed by atoms with E-state index in [9.17, 15) is 4.79 Å². The zero-order valence-electron chi connectivity index (χ0n) is 15.5. The molecule has 2 aromatic heterocycles. The highest BCUT2D eigenvalue weighted by Crippen LogP contribution is 2.31. The number of benzene rings is 2. The van der Waals surface area contributed by atoms with Crippen LogP contribution in [0.1, 0.15) is 16.7 Å². The van der Waals surface area contributed by atoms with Gasteiger partial charge in [0.15, 0.2) is 0 Å². The summed E-state index contributed by atoms with van der Waals surface area (Å²) in [7, 11) is 1.65. The van der Waals surface area contributed by atoms with Crippen molar-refractivity contribution in [2.24, 2.45) is 0 Å². The Labute approximate surface area is 161 Å². The lowest BCUT2D eigenvalue weighted by Crippen LogP contribution is -2.20. The van der Waals surface area contributed by atoms with Gasteiger partial charge in [0.2, 0.25) is 0 Å². The molecule has 0 saturated heterocycles. The average molecular weight is 376 g/mol. The number of hydrogen-bond donors (Lipinski definition) is 0. The summed E-state index contributed by atoms with van der Waals surface area (Å²) in [6, 6.07) is 14.1. The van der Waals surface area contributed by atoms with Crippen molar-refractivity contribution in [1.82, 2.24) is 9.55 Å². The van der Waals surface area contributed by atoms with Gasteiger partial charge in [0.05, 0.1) is 25.5 Å². The molecule has 0 fully saturated rings. The van der Waals surface area contributed by atoms with Crippen LogP contribution in [-0.2, 0) is 6.54 Å². The van der Waals surface area contributed by atoms with Gasteiger partial charge in [0, 0.05) is 10.9 Å². The van der Waals surface area contributed by atoms with Crippen molar-refractivity contribution in [3.05, 3.63) is 81.2 Å². The van der Waals surface area contributed by atoms with E-state index in [-0.39, 0.29) is 5.56 Å². The average Bonchev–Trinajstić information content (AvgIpc) is 3.11. The summed E-state index contributed by atoms with van der Waals surface area (Å²) in [6.07, 6.45) is 1.66. The third kappa shape index (κ3) is 3.26. The smallest absolute Gasteiger partial charge is 0.271 e. The van der Waals surface area contributed by atoms with Gasteiger partial charge in [-0.05, 0) is 42.7 Å². The summed E-state index contributed by atoms with van der Waals surface area (Å²) in [5.41, 5.74) is 6.31. The number of ether oxygens (including phenoxy) is 1. The van der Waals surface area contributed by atoms with Crippen LogP contribution in [-0.4, -0.2) is 16.7 Å². The number of nitrogens with zero attached hydrogens (tertiary/aromatic N) is 2. The van der Waals surface area contributed by atoms with E-state index >= 15 is 0 Å². The molecule has 4 rings (SSSR count). The number of thiophene rings is 1. The molecule has 0 aliphatic carbocycles. The van der Waals surface area contributed by atoms with Gasteiger partial charge in [-0.25, -0.2) is 4.98 Å². The van der Waals surface area contributed by atoms with Gasteiger partial charge in [0.1, 0.15) is 10.4 Å². The molecule has 0 spiro atoms. The summed E-state index contributed by atoms with van der Waals surface area (Å²) < 4.78 is 7.59. The number of fused-ring (bicyclic) bond motifs is 1. The first-order valence-electron chi connectivity index (χ1n) is 8.74. The summed E-state index contributed by atoms with van der Waals surface area (Å²) >= 11 is 1.45. The minimum atomic E-state index is 0.00439. The fourth-order valence-corrected chi connectivity index (χ4v) is 4.21. The van der Waals surface area contributed by atoms with Crippen molar-refractivity contribution < 1.29 is 4.74 Å². The van der Waals surface area contributed by atoms with Crippen LogP contribution >= 0.6 is 11.3 Å². The number of rotatable bonds is 4. The molecule has 2 heterocycles. The topological polar surface area (TPSA) is 44.1 Å².